The van der Waals surface area contributed by atoms with Crippen LogP contribution in [0.1, 0.15) is 17.5 Å². The van der Waals surface area contributed by atoms with Crippen LogP contribution in [0.3, 0.4) is 0 Å². The maximum Gasteiger partial charge on any atom is 0.264 e. The maximum absolute atomic E-state index is 13.0. The van der Waals surface area contributed by atoms with Crippen molar-refractivity contribution in [3.05, 3.63) is 59.7 Å². The van der Waals surface area contributed by atoms with Crippen LogP contribution in [0.15, 0.2) is 53.4 Å². The average Bonchev–Trinajstić information content (AvgIpc) is 2.55. The van der Waals surface area contributed by atoms with Crippen molar-refractivity contribution in [1.29, 1.82) is 5.26 Å². The second-order valence-corrected chi connectivity index (χ2v) is 6.91. The lowest BCUT2D eigenvalue weighted by atomic mass is 10.2. The molecule has 2 aromatic carbocycles. The Morgan fingerprint density at radius 3 is 2.43 bits per heavy atom. The van der Waals surface area contributed by atoms with E-state index >= 15 is 0 Å². The van der Waals surface area contributed by atoms with E-state index < -0.39 is 10.0 Å². The van der Waals surface area contributed by atoms with Crippen LogP contribution in [0.25, 0.3) is 0 Å². The number of nitriles is 1. The van der Waals surface area contributed by atoms with Gasteiger partial charge in [0.05, 0.1) is 22.2 Å². The first-order chi connectivity index (χ1) is 11.0. The number of aryl methyl sites for hydroxylation is 1. The highest BCUT2D eigenvalue weighted by Crippen LogP contribution is 2.26. The Balaban J connectivity index is 2.50. The molecule has 6 heteroatoms. The lowest BCUT2D eigenvalue weighted by Crippen LogP contribution is -2.33. The summed E-state index contributed by atoms with van der Waals surface area (Å²) in [6.45, 7) is 1.76. The molecule has 2 aromatic rings. The summed E-state index contributed by atoms with van der Waals surface area (Å²) >= 11 is 0. The number of hydrogen-bond donors (Lipinski definition) is 1. The van der Waals surface area contributed by atoms with Crippen molar-refractivity contribution in [2.75, 3.05) is 17.5 Å². The monoisotopic (exact) mass is 330 g/mol. The first-order valence-corrected chi connectivity index (χ1v) is 8.64. The van der Waals surface area contributed by atoms with E-state index in [1.165, 1.54) is 16.4 Å². The number of benzene rings is 2. The Hall–Kier alpha value is -2.36. The standard InChI is InChI=1S/C17H18N2O3S/c1-14-12-15(13-18)8-9-17(14)23(21,22)19(10-5-11-20)16-6-3-2-4-7-16/h2-4,6-9,12,20H,5,10-11H2,1H3. The van der Waals surface area contributed by atoms with Gasteiger partial charge in [-0.1, -0.05) is 18.2 Å². The van der Waals surface area contributed by atoms with Crippen LogP contribution in [0.5, 0.6) is 0 Å². The Labute approximate surface area is 136 Å². The minimum Gasteiger partial charge on any atom is -0.396 e. The number of rotatable bonds is 6. The minimum atomic E-state index is -3.77. The molecule has 0 aliphatic rings. The molecule has 0 amide bonds. The van der Waals surface area contributed by atoms with Crippen LogP contribution in [0.2, 0.25) is 0 Å². The summed E-state index contributed by atoms with van der Waals surface area (Å²) in [6.07, 6.45) is 0.337. The fourth-order valence-electron chi connectivity index (χ4n) is 2.32. The van der Waals surface area contributed by atoms with Crippen molar-refractivity contribution >= 4 is 15.7 Å². The molecule has 120 valence electrons. The van der Waals surface area contributed by atoms with Gasteiger partial charge in [0.15, 0.2) is 0 Å². The summed E-state index contributed by atoms with van der Waals surface area (Å²) in [5, 5.41) is 18.0. The van der Waals surface area contributed by atoms with Gasteiger partial charge in [0, 0.05) is 13.2 Å². The van der Waals surface area contributed by atoms with Crippen molar-refractivity contribution in [3.8, 4) is 6.07 Å². The van der Waals surface area contributed by atoms with Crippen molar-refractivity contribution in [2.45, 2.75) is 18.2 Å². The van der Waals surface area contributed by atoms with Gasteiger partial charge in [-0.25, -0.2) is 8.42 Å². The third-order valence-corrected chi connectivity index (χ3v) is 5.42. The van der Waals surface area contributed by atoms with Crippen LogP contribution < -0.4 is 4.31 Å². The van der Waals surface area contributed by atoms with E-state index in [1.807, 2.05) is 12.1 Å². The lowest BCUT2D eigenvalue weighted by molar-refractivity contribution is 0.291. The number of sulfonamides is 1. The number of hydrogen-bond acceptors (Lipinski definition) is 4. The molecule has 0 aliphatic carbocycles. The summed E-state index contributed by atoms with van der Waals surface area (Å²) in [4.78, 5) is 0.165. The van der Waals surface area contributed by atoms with Gasteiger partial charge in [0.2, 0.25) is 0 Å². The van der Waals surface area contributed by atoms with Crippen LogP contribution in [0, 0.1) is 18.3 Å². The molecule has 0 unspecified atom stereocenters. The first kappa shape index (κ1) is 17.0. The topological polar surface area (TPSA) is 81.4 Å². The van der Waals surface area contributed by atoms with Crippen LogP contribution in [-0.2, 0) is 10.0 Å². The zero-order valence-electron chi connectivity index (χ0n) is 12.8. The Morgan fingerprint density at radius 1 is 1.17 bits per heavy atom. The highest BCUT2D eigenvalue weighted by molar-refractivity contribution is 7.92. The Bertz CT molecular complexity index is 811. The Morgan fingerprint density at radius 2 is 1.87 bits per heavy atom. The molecule has 2 rings (SSSR count). The fraction of sp³-hybridized carbons (Fsp3) is 0.235. The fourth-order valence-corrected chi connectivity index (χ4v) is 4.04. The summed E-state index contributed by atoms with van der Waals surface area (Å²) in [7, 11) is -3.77. The average molecular weight is 330 g/mol. The van der Waals surface area contributed by atoms with Gasteiger partial charge in [-0.2, -0.15) is 5.26 Å². The van der Waals surface area contributed by atoms with Crippen molar-refractivity contribution in [2.24, 2.45) is 0 Å². The Kier molecular flexibility index (Phi) is 5.37. The normalized spacial score (nSPS) is 11.0. The molecule has 0 saturated carbocycles. The molecule has 0 bridgehead atoms. The van der Waals surface area contributed by atoms with Crippen molar-refractivity contribution in [3.63, 3.8) is 0 Å². The second kappa shape index (κ2) is 7.27. The van der Waals surface area contributed by atoms with Gasteiger partial charge >= 0.3 is 0 Å². The summed E-state index contributed by atoms with van der Waals surface area (Å²) in [6, 6.07) is 15.3. The third kappa shape index (κ3) is 3.70. The van der Waals surface area contributed by atoms with Crippen molar-refractivity contribution < 1.29 is 13.5 Å². The predicted octanol–water partition coefficient (Wildman–Crippen LogP) is 2.44. The van der Waals surface area contributed by atoms with Gasteiger partial charge in [0.1, 0.15) is 0 Å². The van der Waals surface area contributed by atoms with Gasteiger partial charge in [-0.15, -0.1) is 0 Å². The number of para-hydroxylation sites is 1. The van der Waals surface area contributed by atoms with Crippen LogP contribution in [-0.4, -0.2) is 26.7 Å². The molecule has 0 fully saturated rings. The lowest BCUT2D eigenvalue weighted by Gasteiger charge is -2.25. The summed E-state index contributed by atoms with van der Waals surface area (Å²) in [5.74, 6) is 0. The predicted molar refractivity (Wildman–Crippen MR) is 88.6 cm³/mol. The third-order valence-electron chi connectivity index (χ3n) is 3.44. The zero-order chi connectivity index (χ0) is 16.9. The van der Waals surface area contributed by atoms with E-state index in [0.29, 0.717) is 23.2 Å². The van der Waals surface area contributed by atoms with Gasteiger partial charge < -0.3 is 5.11 Å². The minimum absolute atomic E-state index is 0.0921. The molecule has 1 N–H and O–H groups in total. The second-order valence-electron chi connectivity index (χ2n) is 5.08. The number of nitrogens with zero attached hydrogens (tertiary/aromatic N) is 2. The van der Waals surface area contributed by atoms with E-state index in [-0.39, 0.29) is 18.0 Å². The highest BCUT2D eigenvalue weighted by Gasteiger charge is 2.26. The van der Waals surface area contributed by atoms with Crippen molar-refractivity contribution in [1.82, 2.24) is 0 Å². The molecule has 0 heterocycles. The van der Waals surface area contributed by atoms with E-state index in [0.717, 1.165) is 0 Å². The van der Waals surface area contributed by atoms with Gasteiger partial charge in [0.25, 0.3) is 10.0 Å². The van der Waals surface area contributed by atoms with E-state index in [9.17, 15) is 8.42 Å². The molecular weight excluding hydrogens is 312 g/mol. The highest BCUT2D eigenvalue weighted by atomic mass is 32.2. The molecule has 0 atom stereocenters. The van der Waals surface area contributed by atoms with E-state index in [2.05, 4.69) is 0 Å². The molecule has 0 aromatic heterocycles. The molecule has 5 nitrogen and oxygen atoms in total. The molecule has 0 saturated heterocycles. The largest absolute Gasteiger partial charge is 0.396 e. The summed E-state index contributed by atoms with van der Waals surface area (Å²) in [5.41, 5.74) is 1.49. The van der Waals surface area contributed by atoms with E-state index in [4.69, 9.17) is 10.4 Å². The molecule has 0 spiro atoms. The molecule has 0 aliphatic heterocycles. The SMILES string of the molecule is Cc1cc(C#N)ccc1S(=O)(=O)N(CCCO)c1ccccc1. The molecular formula is C17H18N2O3S. The van der Waals surface area contributed by atoms with E-state index in [1.54, 1.807) is 37.3 Å². The first-order valence-electron chi connectivity index (χ1n) is 7.20. The number of aliphatic hydroxyl groups excluding tert-OH is 1. The van der Waals surface area contributed by atoms with Gasteiger partial charge in [-0.3, -0.25) is 4.31 Å². The van der Waals surface area contributed by atoms with Crippen LogP contribution in [0.4, 0.5) is 5.69 Å². The quantitative estimate of drug-likeness (QED) is 0.882. The number of aliphatic hydroxyl groups is 1. The molecule has 23 heavy (non-hydrogen) atoms. The number of anilines is 1. The smallest absolute Gasteiger partial charge is 0.264 e. The summed E-state index contributed by atoms with van der Waals surface area (Å²) < 4.78 is 27.3. The van der Waals surface area contributed by atoms with Gasteiger partial charge in [-0.05, 0) is 49.2 Å². The van der Waals surface area contributed by atoms with Crippen LogP contribution >= 0.6 is 0 Å². The zero-order valence-corrected chi connectivity index (χ0v) is 13.6. The maximum atomic E-state index is 13.0. The molecule has 0 radical (unpaired) electrons.